The van der Waals surface area contributed by atoms with Crippen LogP contribution in [0.15, 0.2) is 16.9 Å². The van der Waals surface area contributed by atoms with Gasteiger partial charge in [0.25, 0.3) is 5.56 Å². The van der Waals surface area contributed by atoms with Crippen molar-refractivity contribution in [2.45, 2.75) is 46.3 Å². The number of morpholine rings is 1. The van der Waals surface area contributed by atoms with Crippen molar-refractivity contribution in [2.75, 3.05) is 32.8 Å². The Bertz CT molecular complexity index is 615. The summed E-state index contributed by atoms with van der Waals surface area (Å²) < 4.78 is 12.4. The summed E-state index contributed by atoms with van der Waals surface area (Å²) in [4.78, 5) is 26.3. The zero-order valence-electron chi connectivity index (χ0n) is 15.4. The number of rotatable bonds is 8. The standard InChI is InChI=1S/C18H29N3O4/c1-4-5-8-21-17(22)7-6-16(19-21)18(23)25-13-15-12-20(9-10-24-15)11-14(2)3/h6-7,14-15H,4-5,8-13H2,1-3H3. The SMILES string of the molecule is CCCCn1nc(C(=O)OCC2CN(CC(C)C)CCO2)ccc1=O. The van der Waals surface area contributed by atoms with Crippen molar-refractivity contribution >= 4 is 5.97 Å². The van der Waals surface area contributed by atoms with Crippen LogP contribution in [0.4, 0.5) is 0 Å². The second kappa shape index (κ2) is 9.68. The lowest BCUT2D eigenvalue weighted by molar-refractivity contribution is -0.0614. The Labute approximate surface area is 148 Å². The number of carbonyl (C=O) groups is 1. The summed E-state index contributed by atoms with van der Waals surface area (Å²) in [6.07, 6.45) is 1.67. The van der Waals surface area contributed by atoms with Crippen LogP contribution in [0.2, 0.25) is 0 Å². The topological polar surface area (TPSA) is 73.7 Å². The van der Waals surface area contributed by atoms with E-state index in [1.807, 2.05) is 6.92 Å². The molecule has 0 spiro atoms. The smallest absolute Gasteiger partial charge is 0.358 e. The molecular formula is C18H29N3O4. The van der Waals surface area contributed by atoms with E-state index in [4.69, 9.17) is 9.47 Å². The van der Waals surface area contributed by atoms with Gasteiger partial charge in [0, 0.05) is 32.2 Å². The molecule has 1 saturated heterocycles. The fraction of sp³-hybridized carbons (Fsp3) is 0.722. The van der Waals surface area contributed by atoms with E-state index in [-0.39, 0.29) is 24.0 Å². The van der Waals surface area contributed by atoms with Crippen molar-refractivity contribution in [2.24, 2.45) is 5.92 Å². The van der Waals surface area contributed by atoms with Crippen molar-refractivity contribution in [3.63, 3.8) is 0 Å². The van der Waals surface area contributed by atoms with Crippen LogP contribution in [0.25, 0.3) is 0 Å². The zero-order chi connectivity index (χ0) is 18.2. The molecule has 0 radical (unpaired) electrons. The summed E-state index contributed by atoms with van der Waals surface area (Å²) >= 11 is 0. The molecule has 1 aromatic heterocycles. The van der Waals surface area contributed by atoms with Crippen LogP contribution < -0.4 is 5.56 Å². The Balaban J connectivity index is 1.88. The van der Waals surface area contributed by atoms with Crippen LogP contribution in [0, 0.1) is 5.92 Å². The molecule has 1 fully saturated rings. The van der Waals surface area contributed by atoms with Gasteiger partial charge in [-0.25, -0.2) is 9.48 Å². The average Bonchev–Trinajstić information content (AvgIpc) is 2.58. The Morgan fingerprint density at radius 3 is 2.96 bits per heavy atom. The lowest BCUT2D eigenvalue weighted by Crippen LogP contribution is -2.45. The number of hydrogen-bond acceptors (Lipinski definition) is 6. The molecule has 0 N–H and O–H groups in total. The van der Waals surface area contributed by atoms with E-state index in [9.17, 15) is 9.59 Å². The molecule has 7 nitrogen and oxygen atoms in total. The lowest BCUT2D eigenvalue weighted by atomic mass is 10.2. The maximum Gasteiger partial charge on any atom is 0.358 e. The van der Waals surface area contributed by atoms with Gasteiger partial charge in [0.1, 0.15) is 12.7 Å². The predicted molar refractivity (Wildman–Crippen MR) is 94.7 cm³/mol. The summed E-state index contributed by atoms with van der Waals surface area (Å²) in [5.74, 6) is 0.0736. The van der Waals surface area contributed by atoms with Gasteiger partial charge >= 0.3 is 5.97 Å². The second-order valence-corrected chi connectivity index (χ2v) is 6.88. The zero-order valence-corrected chi connectivity index (χ0v) is 15.4. The van der Waals surface area contributed by atoms with Crippen LogP contribution >= 0.6 is 0 Å². The molecule has 0 saturated carbocycles. The van der Waals surface area contributed by atoms with Gasteiger partial charge in [-0.3, -0.25) is 9.69 Å². The first kappa shape index (κ1) is 19.6. The molecule has 0 aliphatic carbocycles. The van der Waals surface area contributed by atoms with Gasteiger partial charge in [-0.05, 0) is 18.4 Å². The molecule has 1 unspecified atom stereocenters. The first-order valence-electron chi connectivity index (χ1n) is 9.08. The van der Waals surface area contributed by atoms with Gasteiger partial charge in [-0.15, -0.1) is 0 Å². The highest BCUT2D eigenvalue weighted by atomic mass is 16.6. The molecule has 1 aromatic rings. The number of aryl methyl sites for hydroxylation is 1. The number of unbranched alkanes of at least 4 members (excludes halogenated alkanes) is 1. The molecule has 0 aromatic carbocycles. The van der Waals surface area contributed by atoms with E-state index in [1.165, 1.54) is 16.8 Å². The summed E-state index contributed by atoms with van der Waals surface area (Å²) in [6.45, 7) is 10.4. The second-order valence-electron chi connectivity index (χ2n) is 6.88. The van der Waals surface area contributed by atoms with E-state index >= 15 is 0 Å². The van der Waals surface area contributed by atoms with Crippen LogP contribution in [0.1, 0.15) is 44.1 Å². The molecule has 0 amide bonds. The maximum absolute atomic E-state index is 12.2. The van der Waals surface area contributed by atoms with Crippen molar-refractivity contribution in [1.29, 1.82) is 0 Å². The van der Waals surface area contributed by atoms with Crippen molar-refractivity contribution < 1.29 is 14.3 Å². The fourth-order valence-electron chi connectivity index (χ4n) is 2.83. The number of carbonyl (C=O) groups excluding carboxylic acids is 1. The quantitative estimate of drug-likeness (QED) is 0.662. The summed E-state index contributed by atoms with van der Waals surface area (Å²) in [5.41, 5.74) is -0.0458. The van der Waals surface area contributed by atoms with Gasteiger partial charge in [-0.1, -0.05) is 27.2 Å². The largest absolute Gasteiger partial charge is 0.458 e. The van der Waals surface area contributed by atoms with Crippen LogP contribution in [-0.2, 0) is 16.0 Å². The van der Waals surface area contributed by atoms with Crippen molar-refractivity contribution in [3.8, 4) is 0 Å². The van der Waals surface area contributed by atoms with Crippen LogP contribution in [-0.4, -0.2) is 59.6 Å². The van der Waals surface area contributed by atoms with Crippen LogP contribution in [0.3, 0.4) is 0 Å². The Hall–Kier alpha value is -1.73. The number of aromatic nitrogens is 2. The first-order valence-corrected chi connectivity index (χ1v) is 9.08. The van der Waals surface area contributed by atoms with E-state index < -0.39 is 5.97 Å². The highest BCUT2D eigenvalue weighted by Gasteiger charge is 2.23. The molecule has 7 heteroatoms. The average molecular weight is 351 g/mol. The van der Waals surface area contributed by atoms with Crippen LogP contribution in [0.5, 0.6) is 0 Å². The van der Waals surface area contributed by atoms with Crippen molar-refractivity contribution in [1.82, 2.24) is 14.7 Å². The Kier molecular flexibility index (Phi) is 7.58. The fourth-order valence-corrected chi connectivity index (χ4v) is 2.83. The number of hydrogen-bond donors (Lipinski definition) is 0. The summed E-state index contributed by atoms with van der Waals surface area (Å²) in [5, 5.41) is 4.11. The third-order valence-corrected chi connectivity index (χ3v) is 4.05. The predicted octanol–water partition coefficient (Wildman–Crippen LogP) is 1.56. The molecule has 2 heterocycles. The number of ether oxygens (including phenoxy) is 2. The summed E-state index contributed by atoms with van der Waals surface area (Å²) in [6, 6.07) is 2.78. The van der Waals surface area contributed by atoms with Gasteiger partial charge in [0.2, 0.25) is 0 Å². The minimum atomic E-state index is -0.519. The van der Waals surface area contributed by atoms with Gasteiger partial charge < -0.3 is 9.47 Å². The molecule has 1 aliphatic heterocycles. The Morgan fingerprint density at radius 2 is 2.24 bits per heavy atom. The van der Waals surface area contributed by atoms with E-state index in [0.717, 1.165) is 32.5 Å². The monoisotopic (exact) mass is 351 g/mol. The third-order valence-electron chi connectivity index (χ3n) is 4.05. The molecule has 2 rings (SSSR count). The molecule has 25 heavy (non-hydrogen) atoms. The number of nitrogens with zero attached hydrogens (tertiary/aromatic N) is 3. The first-order chi connectivity index (χ1) is 12.0. The normalized spacial score (nSPS) is 18.5. The highest BCUT2D eigenvalue weighted by Crippen LogP contribution is 2.09. The molecule has 1 aliphatic rings. The summed E-state index contributed by atoms with van der Waals surface area (Å²) in [7, 11) is 0. The Morgan fingerprint density at radius 1 is 1.44 bits per heavy atom. The molecule has 140 valence electrons. The minimum absolute atomic E-state index is 0.123. The highest BCUT2D eigenvalue weighted by molar-refractivity contribution is 5.86. The van der Waals surface area contributed by atoms with Gasteiger partial charge in [0.15, 0.2) is 5.69 Å². The number of esters is 1. The van der Waals surface area contributed by atoms with Gasteiger partial charge in [-0.2, -0.15) is 5.10 Å². The van der Waals surface area contributed by atoms with Gasteiger partial charge in [0.05, 0.1) is 6.61 Å². The van der Waals surface area contributed by atoms with E-state index in [1.54, 1.807) is 0 Å². The van der Waals surface area contributed by atoms with E-state index in [2.05, 4.69) is 23.8 Å². The van der Waals surface area contributed by atoms with Crippen molar-refractivity contribution in [3.05, 3.63) is 28.2 Å². The maximum atomic E-state index is 12.2. The lowest BCUT2D eigenvalue weighted by Gasteiger charge is -2.33. The molecular weight excluding hydrogens is 322 g/mol. The molecule has 1 atom stereocenters. The minimum Gasteiger partial charge on any atom is -0.458 e. The molecule has 0 bridgehead atoms. The third kappa shape index (κ3) is 6.25. The van der Waals surface area contributed by atoms with E-state index in [0.29, 0.717) is 19.1 Å².